The van der Waals surface area contributed by atoms with Gasteiger partial charge < -0.3 is 10.6 Å². The number of rotatable bonds is 4. The summed E-state index contributed by atoms with van der Waals surface area (Å²) >= 11 is 0. The zero-order valence-electron chi connectivity index (χ0n) is 10.00. The maximum Gasteiger partial charge on any atom is 0.125 e. The Morgan fingerprint density at radius 3 is 3.06 bits per heavy atom. The molecule has 16 heavy (non-hydrogen) atoms. The molecule has 1 aliphatic rings. The minimum Gasteiger partial charge on any atom is -0.370 e. The molecule has 0 radical (unpaired) electrons. The number of anilines is 1. The van der Waals surface area contributed by atoms with Gasteiger partial charge in [0.25, 0.3) is 0 Å². The van der Waals surface area contributed by atoms with Gasteiger partial charge >= 0.3 is 0 Å². The molecular weight excluding hydrogens is 198 g/mol. The predicted octanol–water partition coefficient (Wildman–Crippen LogP) is 2.33. The fraction of sp³-hybridized carbons (Fsp3) is 0.615. The molecule has 3 heteroatoms. The number of hydrogen-bond donors (Lipinski definition) is 2. The van der Waals surface area contributed by atoms with Crippen LogP contribution < -0.4 is 10.6 Å². The lowest BCUT2D eigenvalue weighted by molar-refractivity contribution is 0.389. The van der Waals surface area contributed by atoms with Crippen molar-refractivity contribution in [2.75, 3.05) is 18.4 Å². The average Bonchev–Trinajstić information content (AvgIpc) is 2.33. The van der Waals surface area contributed by atoms with Crippen LogP contribution in [0.5, 0.6) is 0 Å². The molecule has 88 valence electrons. The first kappa shape index (κ1) is 11.4. The molecule has 1 fully saturated rings. The van der Waals surface area contributed by atoms with Crippen molar-refractivity contribution < 1.29 is 0 Å². The van der Waals surface area contributed by atoms with E-state index in [0.29, 0.717) is 6.04 Å². The summed E-state index contributed by atoms with van der Waals surface area (Å²) in [5, 5.41) is 6.92. The van der Waals surface area contributed by atoms with E-state index in [1.165, 1.54) is 37.8 Å². The summed E-state index contributed by atoms with van der Waals surface area (Å²) in [6.45, 7) is 4.25. The van der Waals surface area contributed by atoms with Gasteiger partial charge in [-0.3, -0.25) is 0 Å². The minimum absolute atomic E-state index is 0.701. The molecular formula is C13H21N3. The molecule has 1 unspecified atom stereocenters. The Labute approximate surface area is 97.7 Å². The van der Waals surface area contributed by atoms with E-state index in [1.807, 2.05) is 12.3 Å². The third-order valence-electron chi connectivity index (χ3n) is 3.12. The Kier molecular flexibility index (Phi) is 4.17. The first-order valence-corrected chi connectivity index (χ1v) is 6.24. The van der Waals surface area contributed by atoms with Crippen LogP contribution in [0.25, 0.3) is 0 Å². The molecule has 3 nitrogen and oxygen atoms in total. The summed E-state index contributed by atoms with van der Waals surface area (Å²) in [5.41, 5.74) is 1.21. The fourth-order valence-corrected chi connectivity index (χ4v) is 2.12. The van der Waals surface area contributed by atoms with Crippen LogP contribution in [-0.4, -0.2) is 24.1 Å². The molecule has 0 spiro atoms. The smallest absolute Gasteiger partial charge is 0.125 e. The molecule has 1 aliphatic heterocycles. The first-order chi connectivity index (χ1) is 7.84. The molecule has 0 aliphatic carbocycles. The summed E-state index contributed by atoms with van der Waals surface area (Å²) in [4.78, 5) is 4.33. The highest BCUT2D eigenvalue weighted by atomic mass is 15.0. The zero-order chi connectivity index (χ0) is 11.2. The topological polar surface area (TPSA) is 37.0 Å². The van der Waals surface area contributed by atoms with Crippen molar-refractivity contribution in [3.63, 3.8) is 0 Å². The minimum atomic E-state index is 0.701. The van der Waals surface area contributed by atoms with Crippen LogP contribution >= 0.6 is 0 Å². The largest absolute Gasteiger partial charge is 0.370 e. The van der Waals surface area contributed by atoms with Gasteiger partial charge in [-0.15, -0.1) is 0 Å². The van der Waals surface area contributed by atoms with Gasteiger partial charge in [-0.25, -0.2) is 4.98 Å². The van der Waals surface area contributed by atoms with E-state index in [9.17, 15) is 0 Å². The van der Waals surface area contributed by atoms with Crippen molar-refractivity contribution in [1.82, 2.24) is 10.3 Å². The van der Waals surface area contributed by atoms with Crippen LogP contribution in [0.2, 0.25) is 0 Å². The summed E-state index contributed by atoms with van der Waals surface area (Å²) in [6, 6.07) is 4.84. The number of aromatic nitrogens is 1. The van der Waals surface area contributed by atoms with E-state index in [1.54, 1.807) is 0 Å². The molecule has 1 saturated heterocycles. The number of nitrogens with zero attached hydrogens (tertiary/aromatic N) is 1. The van der Waals surface area contributed by atoms with Gasteiger partial charge in [0.05, 0.1) is 0 Å². The van der Waals surface area contributed by atoms with Crippen LogP contribution in [0, 0.1) is 6.92 Å². The van der Waals surface area contributed by atoms with E-state index in [2.05, 4.69) is 28.6 Å². The van der Waals surface area contributed by atoms with Crippen molar-refractivity contribution in [3.05, 3.63) is 23.9 Å². The Balaban J connectivity index is 1.69. The first-order valence-electron chi connectivity index (χ1n) is 6.24. The lowest BCUT2D eigenvalue weighted by Gasteiger charge is -2.23. The standard InChI is InChI=1S/C13H21N3/c1-11-5-6-13(16-10-11)15-9-7-12-4-2-3-8-14-12/h5-6,10,12,14H,2-4,7-9H2,1H3,(H,15,16). The van der Waals surface area contributed by atoms with Gasteiger partial charge in [-0.05, 0) is 44.4 Å². The monoisotopic (exact) mass is 219 g/mol. The van der Waals surface area contributed by atoms with Gasteiger partial charge in [0.2, 0.25) is 0 Å². The lowest BCUT2D eigenvalue weighted by Crippen LogP contribution is -2.35. The third-order valence-corrected chi connectivity index (χ3v) is 3.12. The van der Waals surface area contributed by atoms with E-state index in [4.69, 9.17) is 0 Å². The number of piperidine rings is 1. The van der Waals surface area contributed by atoms with Crippen molar-refractivity contribution in [3.8, 4) is 0 Å². The van der Waals surface area contributed by atoms with Gasteiger partial charge in [-0.1, -0.05) is 12.5 Å². The summed E-state index contributed by atoms with van der Waals surface area (Å²) < 4.78 is 0. The van der Waals surface area contributed by atoms with E-state index in [-0.39, 0.29) is 0 Å². The van der Waals surface area contributed by atoms with Crippen LogP contribution in [0.4, 0.5) is 5.82 Å². The van der Waals surface area contributed by atoms with E-state index in [0.717, 1.165) is 12.4 Å². The lowest BCUT2D eigenvalue weighted by atomic mass is 10.0. The summed E-state index contributed by atoms with van der Waals surface area (Å²) in [6.07, 6.45) is 7.13. The second kappa shape index (κ2) is 5.85. The highest BCUT2D eigenvalue weighted by Crippen LogP contribution is 2.10. The highest BCUT2D eigenvalue weighted by molar-refractivity contribution is 5.34. The highest BCUT2D eigenvalue weighted by Gasteiger charge is 2.11. The second-order valence-electron chi connectivity index (χ2n) is 4.58. The Hall–Kier alpha value is -1.09. The summed E-state index contributed by atoms with van der Waals surface area (Å²) in [7, 11) is 0. The van der Waals surface area contributed by atoms with Crippen LogP contribution in [0.15, 0.2) is 18.3 Å². The van der Waals surface area contributed by atoms with Gasteiger partial charge in [-0.2, -0.15) is 0 Å². The number of aryl methyl sites for hydroxylation is 1. The normalized spacial score (nSPS) is 20.7. The van der Waals surface area contributed by atoms with Crippen LogP contribution in [-0.2, 0) is 0 Å². The molecule has 2 N–H and O–H groups in total. The van der Waals surface area contributed by atoms with Gasteiger partial charge in [0.1, 0.15) is 5.82 Å². The maximum absolute atomic E-state index is 4.33. The predicted molar refractivity (Wildman–Crippen MR) is 67.7 cm³/mol. The van der Waals surface area contributed by atoms with E-state index < -0.39 is 0 Å². The van der Waals surface area contributed by atoms with Gasteiger partial charge in [0.15, 0.2) is 0 Å². The molecule has 1 aromatic rings. The number of pyridine rings is 1. The molecule has 2 heterocycles. The van der Waals surface area contributed by atoms with Crippen molar-refractivity contribution in [1.29, 1.82) is 0 Å². The zero-order valence-corrected chi connectivity index (χ0v) is 10.00. The molecule has 0 bridgehead atoms. The molecule has 1 atom stereocenters. The van der Waals surface area contributed by atoms with Gasteiger partial charge in [0, 0.05) is 18.8 Å². The Morgan fingerprint density at radius 2 is 2.38 bits per heavy atom. The van der Waals surface area contributed by atoms with Crippen molar-refractivity contribution in [2.24, 2.45) is 0 Å². The molecule has 1 aromatic heterocycles. The fourth-order valence-electron chi connectivity index (χ4n) is 2.12. The van der Waals surface area contributed by atoms with Crippen molar-refractivity contribution >= 4 is 5.82 Å². The van der Waals surface area contributed by atoms with Crippen LogP contribution in [0.1, 0.15) is 31.2 Å². The SMILES string of the molecule is Cc1ccc(NCCC2CCCCN2)nc1. The average molecular weight is 219 g/mol. The second-order valence-corrected chi connectivity index (χ2v) is 4.58. The Bertz CT molecular complexity index is 301. The molecule has 0 aromatic carbocycles. The van der Waals surface area contributed by atoms with Crippen LogP contribution in [0.3, 0.4) is 0 Å². The van der Waals surface area contributed by atoms with E-state index >= 15 is 0 Å². The number of hydrogen-bond acceptors (Lipinski definition) is 3. The Morgan fingerprint density at radius 1 is 1.44 bits per heavy atom. The third kappa shape index (κ3) is 3.49. The quantitative estimate of drug-likeness (QED) is 0.816. The molecule has 0 saturated carbocycles. The number of nitrogens with one attached hydrogen (secondary N) is 2. The summed E-state index contributed by atoms with van der Waals surface area (Å²) in [5.74, 6) is 0.987. The maximum atomic E-state index is 4.33. The van der Waals surface area contributed by atoms with Crippen molar-refractivity contribution in [2.45, 2.75) is 38.6 Å². The molecule has 2 rings (SSSR count). The molecule has 0 amide bonds.